The van der Waals surface area contributed by atoms with E-state index in [1.165, 1.54) is 6.07 Å². The normalized spacial score (nSPS) is 12.4. The van der Waals surface area contributed by atoms with E-state index in [0.717, 1.165) is 12.0 Å². The molecule has 0 amide bonds. The molecule has 0 aromatic heterocycles. The summed E-state index contributed by atoms with van der Waals surface area (Å²) in [6.45, 7) is 0. The van der Waals surface area contributed by atoms with Gasteiger partial charge >= 0.3 is 0 Å². The van der Waals surface area contributed by atoms with Crippen LogP contribution in [0.5, 0.6) is 0 Å². The molecule has 0 aliphatic carbocycles. The monoisotopic (exact) mass is 330 g/mol. The van der Waals surface area contributed by atoms with Crippen LogP contribution < -0.4 is 0 Å². The molecule has 0 aliphatic heterocycles. The van der Waals surface area contributed by atoms with E-state index in [4.69, 9.17) is 34.8 Å². The van der Waals surface area contributed by atoms with E-state index in [1.54, 1.807) is 12.1 Å². The second-order valence-corrected chi connectivity index (χ2v) is 5.91. The zero-order valence-corrected chi connectivity index (χ0v) is 13.0. The molecule has 0 saturated heterocycles. The lowest BCUT2D eigenvalue weighted by atomic mass is 9.94. The predicted octanol–water partition coefficient (Wildman–Crippen LogP) is 5.77. The van der Waals surface area contributed by atoms with Crippen molar-refractivity contribution in [2.75, 3.05) is 5.88 Å². The average molecular weight is 332 g/mol. The number of benzene rings is 2. The van der Waals surface area contributed by atoms with Gasteiger partial charge in [0.2, 0.25) is 0 Å². The Bertz CT molecular complexity index is 584. The van der Waals surface area contributed by atoms with Gasteiger partial charge in [-0.25, -0.2) is 4.39 Å². The molecule has 0 radical (unpaired) electrons. The van der Waals surface area contributed by atoms with E-state index in [1.807, 2.05) is 24.3 Å². The fraction of sp³-hybridized carbons (Fsp3) is 0.250. The summed E-state index contributed by atoms with van der Waals surface area (Å²) in [4.78, 5) is 0. The van der Waals surface area contributed by atoms with Crippen LogP contribution in [0.15, 0.2) is 42.5 Å². The zero-order valence-electron chi connectivity index (χ0n) is 10.8. The SMILES string of the molecule is Fc1ccc(Cl)cc1CC(CCl)Cc1ccccc1Cl. The summed E-state index contributed by atoms with van der Waals surface area (Å²) in [7, 11) is 0. The first kappa shape index (κ1) is 15.6. The summed E-state index contributed by atoms with van der Waals surface area (Å²) >= 11 is 18.1. The van der Waals surface area contributed by atoms with Crippen LogP contribution >= 0.6 is 34.8 Å². The lowest BCUT2D eigenvalue weighted by Crippen LogP contribution is -2.11. The number of rotatable bonds is 5. The molecule has 0 N–H and O–H groups in total. The molecule has 2 aromatic rings. The van der Waals surface area contributed by atoms with Gasteiger partial charge in [-0.2, -0.15) is 0 Å². The van der Waals surface area contributed by atoms with Gasteiger partial charge < -0.3 is 0 Å². The molecule has 4 heteroatoms. The largest absolute Gasteiger partial charge is 0.207 e. The highest BCUT2D eigenvalue weighted by molar-refractivity contribution is 6.31. The van der Waals surface area contributed by atoms with Gasteiger partial charge in [-0.05, 0) is 54.2 Å². The molecule has 0 saturated carbocycles. The van der Waals surface area contributed by atoms with Gasteiger partial charge in [0.25, 0.3) is 0 Å². The van der Waals surface area contributed by atoms with Gasteiger partial charge in [-0.1, -0.05) is 41.4 Å². The lowest BCUT2D eigenvalue weighted by Gasteiger charge is -2.15. The molecule has 0 fully saturated rings. The van der Waals surface area contributed by atoms with Gasteiger partial charge in [0.1, 0.15) is 5.82 Å². The van der Waals surface area contributed by atoms with Gasteiger partial charge in [0, 0.05) is 15.9 Å². The smallest absolute Gasteiger partial charge is 0.126 e. The minimum atomic E-state index is -0.247. The second-order valence-electron chi connectivity index (χ2n) is 4.76. The van der Waals surface area contributed by atoms with E-state index < -0.39 is 0 Å². The molecule has 0 heterocycles. The summed E-state index contributed by atoms with van der Waals surface area (Å²) in [5.41, 5.74) is 1.62. The van der Waals surface area contributed by atoms with Crippen molar-refractivity contribution in [2.45, 2.75) is 12.8 Å². The zero-order chi connectivity index (χ0) is 14.5. The lowest BCUT2D eigenvalue weighted by molar-refractivity contribution is 0.546. The first-order chi connectivity index (χ1) is 9.60. The summed E-state index contributed by atoms with van der Waals surface area (Å²) in [5.74, 6) is 0.310. The highest BCUT2D eigenvalue weighted by Gasteiger charge is 2.14. The molecular formula is C16H14Cl3F. The predicted molar refractivity (Wildman–Crippen MR) is 84.5 cm³/mol. The molecule has 1 unspecified atom stereocenters. The van der Waals surface area contributed by atoms with Gasteiger partial charge in [0.05, 0.1) is 0 Å². The molecule has 0 nitrogen and oxygen atoms in total. The minimum Gasteiger partial charge on any atom is -0.207 e. The van der Waals surface area contributed by atoms with Crippen molar-refractivity contribution in [1.29, 1.82) is 0 Å². The third-order valence-electron chi connectivity index (χ3n) is 3.20. The molecule has 0 aliphatic rings. The van der Waals surface area contributed by atoms with Crippen molar-refractivity contribution in [3.63, 3.8) is 0 Å². The van der Waals surface area contributed by atoms with E-state index in [2.05, 4.69) is 0 Å². The summed E-state index contributed by atoms with van der Waals surface area (Å²) in [6.07, 6.45) is 1.26. The first-order valence-corrected chi connectivity index (χ1v) is 7.62. The third kappa shape index (κ3) is 4.12. The van der Waals surface area contributed by atoms with Crippen LogP contribution in [-0.2, 0) is 12.8 Å². The maximum absolute atomic E-state index is 13.8. The third-order valence-corrected chi connectivity index (χ3v) is 4.24. The Kier molecular flexibility index (Phi) is 5.71. The highest BCUT2D eigenvalue weighted by Crippen LogP contribution is 2.24. The van der Waals surface area contributed by atoms with Crippen LogP contribution in [0.4, 0.5) is 4.39 Å². The molecule has 20 heavy (non-hydrogen) atoms. The molecule has 2 rings (SSSR count). The molecule has 106 valence electrons. The van der Waals surface area contributed by atoms with Crippen LogP contribution in [0.25, 0.3) is 0 Å². The van der Waals surface area contributed by atoms with Gasteiger partial charge in [-0.15, -0.1) is 11.6 Å². The Labute approximate surface area is 133 Å². The van der Waals surface area contributed by atoms with Crippen LogP contribution in [0.1, 0.15) is 11.1 Å². The van der Waals surface area contributed by atoms with Crippen molar-refractivity contribution in [3.05, 3.63) is 69.5 Å². The Morgan fingerprint density at radius 3 is 2.35 bits per heavy atom. The number of alkyl halides is 1. The average Bonchev–Trinajstić information content (AvgIpc) is 2.44. The molecule has 0 spiro atoms. The van der Waals surface area contributed by atoms with Gasteiger partial charge in [0.15, 0.2) is 0 Å². The fourth-order valence-electron chi connectivity index (χ4n) is 2.17. The summed E-state index contributed by atoms with van der Waals surface area (Å²) < 4.78 is 13.8. The van der Waals surface area contributed by atoms with Crippen molar-refractivity contribution >= 4 is 34.8 Å². The van der Waals surface area contributed by atoms with Crippen LogP contribution in [-0.4, -0.2) is 5.88 Å². The van der Waals surface area contributed by atoms with Crippen LogP contribution in [0, 0.1) is 11.7 Å². The maximum atomic E-state index is 13.8. The molecule has 1 atom stereocenters. The fourth-order valence-corrected chi connectivity index (χ4v) is 2.79. The van der Waals surface area contributed by atoms with E-state index in [9.17, 15) is 4.39 Å². The quantitative estimate of drug-likeness (QED) is 0.610. The van der Waals surface area contributed by atoms with Crippen LogP contribution in [0.2, 0.25) is 10.0 Å². The van der Waals surface area contributed by atoms with E-state index >= 15 is 0 Å². The Morgan fingerprint density at radius 2 is 1.65 bits per heavy atom. The maximum Gasteiger partial charge on any atom is 0.126 e. The Hall–Kier alpha value is -0.760. The topological polar surface area (TPSA) is 0 Å². The number of hydrogen-bond donors (Lipinski definition) is 0. The Balaban J connectivity index is 2.13. The summed E-state index contributed by atoms with van der Waals surface area (Å²) in [6, 6.07) is 12.2. The minimum absolute atomic E-state index is 0.115. The van der Waals surface area contributed by atoms with Crippen molar-refractivity contribution in [2.24, 2.45) is 5.92 Å². The van der Waals surface area contributed by atoms with Crippen molar-refractivity contribution < 1.29 is 4.39 Å². The first-order valence-electron chi connectivity index (χ1n) is 6.33. The number of halogens is 4. The van der Waals surface area contributed by atoms with Crippen LogP contribution in [0.3, 0.4) is 0 Å². The molecule has 0 bridgehead atoms. The standard InChI is InChI=1S/C16H14Cl3F/c17-10-11(7-12-3-1-2-4-15(12)19)8-13-9-14(18)5-6-16(13)20/h1-6,9,11H,7-8,10H2. The molecule has 2 aromatic carbocycles. The highest BCUT2D eigenvalue weighted by atomic mass is 35.5. The van der Waals surface area contributed by atoms with Gasteiger partial charge in [-0.3, -0.25) is 0 Å². The summed E-state index contributed by atoms with van der Waals surface area (Å²) in [5, 5.41) is 1.25. The van der Waals surface area contributed by atoms with E-state index in [0.29, 0.717) is 27.9 Å². The Morgan fingerprint density at radius 1 is 0.950 bits per heavy atom. The van der Waals surface area contributed by atoms with E-state index in [-0.39, 0.29) is 11.7 Å². The second kappa shape index (κ2) is 7.31. The van der Waals surface area contributed by atoms with Crippen molar-refractivity contribution in [3.8, 4) is 0 Å². The molecular weight excluding hydrogens is 318 g/mol. The van der Waals surface area contributed by atoms with Crippen molar-refractivity contribution in [1.82, 2.24) is 0 Å². The number of hydrogen-bond acceptors (Lipinski definition) is 0.